The first-order chi connectivity index (χ1) is 12.7. The van der Waals surface area contributed by atoms with Crippen LogP contribution in [0.15, 0.2) is 48.8 Å². The SMILES string of the molecule is COc1ccc(Nc2cc(-c3ccncc3)nc(NC3CC3)n2)cc1F. The lowest BCUT2D eigenvalue weighted by Crippen LogP contribution is -2.07. The van der Waals surface area contributed by atoms with Crippen LogP contribution in [-0.4, -0.2) is 28.1 Å². The maximum Gasteiger partial charge on any atom is 0.225 e. The quantitative estimate of drug-likeness (QED) is 0.699. The van der Waals surface area contributed by atoms with Crippen molar-refractivity contribution in [2.75, 3.05) is 17.7 Å². The third-order valence-electron chi connectivity index (χ3n) is 4.04. The maximum absolute atomic E-state index is 13.9. The molecule has 4 rings (SSSR count). The van der Waals surface area contributed by atoms with E-state index in [0.717, 1.165) is 24.1 Å². The highest BCUT2D eigenvalue weighted by atomic mass is 19.1. The lowest BCUT2D eigenvalue weighted by atomic mass is 10.2. The van der Waals surface area contributed by atoms with Crippen molar-refractivity contribution in [1.29, 1.82) is 0 Å². The van der Waals surface area contributed by atoms with E-state index in [2.05, 4.69) is 25.6 Å². The number of nitrogens with zero attached hydrogens (tertiary/aromatic N) is 3. The van der Waals surface area contributed by atoms with Gasteiger partial charge in [0.1, 0.15) is 5.82 Å². The van der Waals surface area contributed by atoms with Crippen molar-refractivity contribution in [3.63, 3.8) is 0 Å². The van der Waals surface area contributed by atoms with Gasteiger partial charge in [-0.15, -0.1) is 0 Å². The molecule has 0 unspecified atom stereocenters. The number of pyridine rings is 1. The van der Waals surface area contributed by atoms with Gasteiger partial charge in [0.15, 0.2) is 11.6 Å². The van der Waals surface area contributed by atoms with Crippen LogP contribution in [0.2, 0.25) is 0 Å². The zero-order chi connectivity index (χ0) is 17.9. The molecule has 1 saturated carbocycles. The van der Waals surface area contributed by atoms with Gasteiger partial charge in [0.05, 0.1) is 12.8 Å². The minimum atomic E-state index is -0.433. The molecular weight excluding hydrogens is 333 g/mol. The number of hydrogen-bond acceptors (Lipinski definition) is 6. The molecule has 0 atom stereocenters. The fourth-order valence-corrected chi connectivity index (χ4v) is 2.55. The molecule has 0 bridgehead atoms. The second kappa shape index (κ2) is 6.95. The molecule has 1 aliphatic carbocycles. The van der Waals surface area contributed by atoms with Crippen molar-refractivity contribution >= 4 is 17.5 Å². The predicted octanol–water partition coefficient (Wildman–Crippen LogP) is 4.00. The van der Waals surface area contributed by atoms with Crippen LogP contribution in [0.3, 0.4) is 0 Å². The second-order valence-corrected chi connectivity index (χ2v) is 6.09. The average Bonchev–Trinajstić information content (AvgIpc) is 3.46. The van der Waals surface area contributed by atoms with Crippen LogP contribution < -0.4 is 15.4 Å². The van der Waals surface area contributed by atoms with Gasteiger partial charge in [-0.25, -0.2) is 9.37 Å². The van der Waals surface area contributed by atoms with E-state index < -0.39 is 5.82 Å². The van der Waals surface area contributed by atoms with E-state index >= 15 is 0 Å². The van der Waals surface area contributed by atoms with Gasteiger partial charge in [0.25, 0.3) is 0 Å². The Labute approximate surface area is 150 Å². The van der Waals surface area contributed by atoms with Crippen LogP contribution in [0.4, 0.5) is 21.8 Å². The van der Waals surface area contributed by atoms with Gasteiger partial charge >= 0.3 is 0 Å². The Balaban J connectivity index is 1.66. The Morgan fingerprint density at radius 1 is 1.08 bits per heavy atom. The second-order valence-electron chi connectivity index (χ2n) is 6.09. The van der Waals surface area contributed by atoms with Crippen LogP contribution in [0.25, 0.3) is 11.3 Å². The molecule has 3 aromatic rings. The molecule has 0 radical (unpaired) electrons. The fraction of sp³-hybridized carbons (Fsp3) is 0.211. The van der Waals surface area contributed by atoms with Crippen LogP contribution in [-0.2, 0) is 0 Å². The Kier molecular flexibility index (Phi) is 4.35. The molecule has 132 valence electrons. The number of nitrogens with one attached hydrogen (secondary N) is 2. The van der Waals surface area contributed by atoms with Crippen molar-refractivity contribution in [1.82, 2.24) is 15.0 Å². The summed E-state index contributed by atoms with van der Waals surface area (Å²) in [5, 5.41) is 6.45. The van der Waals surface area contributed by atoms with Gasteiger partial charge in [0.2, 0.25) is 5.95 Å². The molecule has 26 heavy (non-hydrogen) atoms. The highest BCUT2D eigenvalue weighted by Crippen LogP contribution is 2.28. The summed E-state index contributed by atoms with van der Waals surface area (Å²) in [5.41, 5.74) is 2.28. The molecule has 2 heterocycles. The van der Waals surface area contributed by atoms with Crippen LogP contribution >= 0.6 is 0 Å². The molecule has 2 aromatic heterocycles. The summed E-state index contributed by atoms with van der Waals surface area (Å²) in [6, 6.07) is 10.7. The lowest BCUT2D eigenvalue weighted by molar-refractivity contribution is 0.386. The molecule has 0 amide bonds. The van der Waals surface area contributed by atoms with Gasteiger partial charge in [-0.1, -0.05) is 0 Å². The standard InChI is InChI=1S/C19H18FN5O/c1-26-17-5-4-14(10-15(17)20)22-18-11-16(12-6-8-21-9-7-12)24-19(25-18)23-13-2-3-13/h4-11,13H,2-3H2,1H3,(H2,22,23,24,25). The Morgan fingerprint density at radius 3 is 2.58 bits per heavy atom. The summed E-state index contributed by atoms with van der Waals surface area (Å²) in [4.78, 5) is 13.1. The molecule has 6 nitrogen and oxygen atoms in total. The number of benzene rings is 1. The van der Waals surface area contributed by atoms with Crippen molar-refractivity contribution < 1.29 is 9.13 Å². The van der Waals surface area contributed by atoms with E-state index in [1.54, 1.807) is 24.5 Å². The highest BCUT2D eigenvalue weighted by Gasteiger charge is 2.22. The van der Waals surface area contributed by atoms with E-state index in [1.807, 2.05) is 18.2 Å². The molecule has 0 spiro atoms. The summed E-state index contributed by atoms with van der Waals surface area (Å²) in [7, 11) is 1.44. The van der Waals surface area contributed by atoms with E-state index in [4.69, 9.17) is 4.74 Å². The van der Waals surface area contributed by atoms with Gasteiger partial charge in [-0.3, -0.25) is 4.98 Å². The first-order valence-corrected chi connectivity index (χ1v) is 8.38. The van der Waals surface area contributed by atoms with E-state index in [-0.39, 0.29) is 5.75 Å². The van der Waals surface area contributed by atoms with E-state index in [1.165, 1.54) is 13.2 Å². The summed E-state index contributed by atoms with van der Waals surface area (Å²) < 4.78 is 18.9. The van der Waals surface area contributed by atoms with Gasteiger partial charge in [-0.2, -0.15) is 4.98 Å². The number of aromatic nitrogens is 3. The Hall–Kier alpha value is -3.22. The first kappa shape index (κ1) is 16.3. The van der Waals surface area contributed by atoms with Crippen molar-refractivity contribution in [2.45, 2.75) is 18.9 Å². The topological polar surface area (TPSA) is 72.0 Å². The lowest BCUT2D eigenvalue weighted by Gasteiger charge is -2.12. The van der Waals surface area contributed by atoms with Crippen molar-refractivity contribution in [2.24, 2.45) is 0 Å². The van der Waals surface area contributed by atoms with E-state index in [9.17, 15) is 4.39 Å². The first-order valence-electron chi connectivity index (χ1n) is 8.38. The molecule has 2 N–H and O–H groups in total. The summed E-state index contributed by atoms with van der Waals surface area (Å²) in [6.45, 7) is 0. The smallest absolute Gasteiger partial charge is 0.225 e. The average molecular weight is 351 g/mol. The van der Waals surface area contributed by atoms with Crippen LogP contribution in [0, 0.1) is 5.82 Å². The number of methoxy groups -OCH3 is 1. The van der Waals surface area contributed by atoms with Crippen LogP contribution in [0.5, 0.6) is 5.75 Å². The van der Waals surface area contributed by atoms with Crippen molar-refractivity contribution in [3.05, 3.63) is 54.6 Å². The van der Waals surface area contributed by atoms with Crippen LogP contribution in [0.1, 0.15) is 12.8 Å². The number of halogens is 1. The number of hydrogen-bond donors (Lipinski definition) is 2. The molecule has 7 heteroatoms. The molecule has 1 aromatic carbocycles. The third-order valence-corrected chi connectivity index (χ3v) is 4.04. The largest absolute Gasteiger partial charge is 0.494 e. The normalized spacial score (nSPS) is 13.3. The minimum absolute atomic E-state index is 0.201. The Bertz CT molecular complexity index is 915. The number of ether oxygens (including phenoxy) is 1. The molecule has 1 fully saturated rings. The molecule has 1 aliphatic rings. The number of anilines is 3. The Morgan fingerprint density at radius 2 is 1.88 bits per heavy atom. The molecular formula is C19H18FN5O. The molecule has 0 saturated heterocycles. The maximum atomic E-state index is 13.9. The monoisotopic (exact) mass is 351 g/mol. The summed E-state index contributed by atoms with van der Waals surface area (Å²) >= 11 is 0. The van der Waals surface area contributed by atoms with Gasteiger partial charge in [-0.05, 0) is 37.1 Å². The predicted molar refractivity (Wildman–Crippen MR) is 98.1 cm³/mol. The van der Waals surface area contributed by atoms with Crippen molar-refractivity contribution in [3.8, 4) is 17.0 Å². The number of rotatable bonds is 6. The zero-order valence-corrected chi connectivity index (χ0v) is 14.2. The zero-order valence-electron chi connectivity index (χ0n) is 14.2. The summed E-state index contributed by atoms with van der Waals surface area (Å²) in [6.07, 6.45) is 5.68. The third kappa shape index (κ3) is 3.72. The van der Waals surface area contributed by atoms with Gasteiger partial charge in [0, 0.05) is 41.8 Å². The van der Waals surface area contributed by atoms with Gasteiger partial charge < -0.3 is 15.4 Å². The summed E-state index contributed by atoms with van der Waals surface area (Å²) in [5.74, 6) is 0.905. The van der Waals surface area contributed by atoms with E-state index in [0.29, 0.717) is 23.5 Å². The molecule has 0 aliphatic heterocycles. The fourth-order valence-electron chi connectivity index (χ4n) is 2.55. The highest BCUT2D eigenvalue weighted by molar-refractivity contribution is 5.67. The minimum Gasteiger partial charge on any atom is -0.494 e.